The van der Waals surface area contributed by atoms with Gasteiger partial charge in [-0.15, -0.1) is 0 Å². The molecule has 232 valence electrons. The van der Waals surface area contributed by atoms with Crippen molar-refractivity contribution >= 4 is 39.9 Å². The van der Waals surface area contributed by atoms with E-state index in [1.165, 1.54) is 6.07 Å². The Morgan fingerprint density at radius 1 is 1.14 bits per heavy atom. The van der Waals surface area contributed by atoms with Gasteiger partial charge in [-0.1, -0.05) is 23.2 Å². The van der Waals surface area contributed by atoms with Crippen molar-refractivity contribution in [2.75, 3.05) is 38.1 Å². The first-order valence-corrected chi connectivity index (χ1v) is 14.7. The van der Waals surface area contributed by atoms with Crippen LogP contribution < -0.4 is 5.32 Å². The van der Waals surface area contributed by atoms with Crippen molar-refractivity contribution in [3.05, 3.63) is 68.4 Å². The van der Waals surface area contributed by atoms with E-state index in [0.29, 0.717) is 56.9 Å². The molecule has 13 heteroatoms. The molecule has 1 saturated heterocycles. The van der Waals surface area contributed by atoms with Crippen LogP contribution in [0.1, 0.15) is 55.5 Å². The number of carbonyl (C=O) groups excluding carboxylic acids is 1. The lowest BCUT2D eigenvalue weighted by atomic mass is 9.92. The summed E-state index contributed by atoms with van der Waals surface area (Å²) in [6, 6.07) is 8.75. The Labute approximate surface area is 252 Å². The van der Waals surface area contributed by atoms with Gasteiger partial charge in [0.05, 0.1) is 22.1 Å². The van der Waals surface area contributed by atoms with Gasteiger partial charge in [0.15, 0.2) is 0 Å². The first-order valence-electron chi connectivity index (χ1n) is 14.3. The third kappa shape index (κ3) is 7.08. The molecule has 1 aliphatic carbocycles. The molecule has 1 N–H and O–H groups in total. The monoisotopic (exact) mass is 622 g/mol. The standard InChI is InChI=1S/C30H34ClF3N4O5/c1-18-3-10-26-23(15-18)28(31)29(43-26)19(2)36-11-13-37(14-12-36)27(39)17-42-22-7-4-20(5-8-22)35-21-6-9-25(38(40)41)24(16-21)30(32,33)34/h3,6,9-10,15-16,19-20,22,35H,4-5,7-8,11-14,17H2,1-2H3/t19?,20-,22-. The first kappa shape index (κ1) is 31.1. The van der Waals surface area contributed by atoms with Gasteiger partial charge in [0.1, 0.15) is 23.5 Å². The van der Waals surface area contributed by atoms with Gasteiger partial charge in [-0.2, -0.15) is 13.2 Å². The number of rotatable bonds is 8. The molecule has 1 unspecified atom stereocenters. The maximum atomic E-state index is 13.3. The van der Waals surface area contributed by atoms with Crippen LogP contribution in [-0.4, -0.2) is 65.6 Å². The number of nitro benzene ring substituents is 1. The molecular weight excluding hydrogens is 589 g/mol. The summed E-state index contributed by atoms with van der Waals surface area (Å²) in [6.07, 6.45) is -2.38. The second kappa shape index (κ2) is 12.7. The number of alkyl halides is 3. The van der Waals surface area contributed by atoms with E-state index in [4.69, 9.17) is 20.8 Å². The highest BCUT2D eigenvalue weighted by Gasteiger charge is 2.38. The van der Waals surface area contributed by atoms with Gasteiger partial charge in [0.25, 0.3) is 5.69 Å². The summed E-state index contributed by atoms with van der Waals surface area (Å²) in [6.45, 7) is 6.52. The predicted octanol–water partition coefficient (Wildman–Crippen LogP) is 6.97. The number of nitrogens with zero attached hydrogens (tertiary/aromatic N) is 3. The van der Waals surface area contributed by atoms with E-state index < -0.39 is 22.4 Å². The molecule has 0 radical (unpaired) electrons. The van der Waals surface area contributed by atoms with Gasteiger partial charge in [0, 0.05) is 49.4 Å². The molecule has 0 bridgehead atoms. The topological polar surface area (TPSA) is 101 Å². The van der Waals surface area contributed by atoms with Crippen molar-refractivity contribution in [1.82, 2.24) is 9.80 Å². The molecule has 3 aromatic rings. The van der Waals surface area contributed by atoms with E-state index in [1.807, 2.05) is 25.1 Å². The molecule has 0 spiro atoms. The van der Waals surface area contributed by atoms with Crippen LogP contribution in [0.4, 0.5) is 24.5 Å². The molecule has 5 rings (SSSR count). The maximum Gasteiger partial charge on any atom is 0.423 e. The summed E-state index contributed by atoms with van der Waals surface area (Å²) in [7, 11) is 0. The number of benzene rings is 2. The number of halogens is 4. The Kier molecular flexibility index (Phi) is 9.19. The van der Waals surface area contributed by atoms with Crippen molar-refractivity contribution in [3.8, 4) is 0 Å². The Hall–Kier alpha value is -3.35. The number of furan rings is 1. The summed E-state index contributed by atoms with van der Waals surface area (Å²) in [4.78, 5) is 26.9. The van der Waals surface area contributed by atoms with Crippen LogP contribution in [0.5, 0.6) is 0 Å². The number of aryl methyl sites for hydroxylation is 1. The predicted molar refractivity (Wildman–Crippen MR) is 156 cm³/mol. The molecule has 1 saturated carbocycles. The van der Waals surface area contributed by atoms with Crippen LogP contribution >= 0.6 is 11.6 Å². The minimum Gasteiger partial charge on any atom is -0.458 e. The number of ether oxygens (including phenoxy) is 1. The summed E-state index contributed by atoms with van der Waals surface area (Å²) >= 11 is 6.66. The second-order valence-electron chi connectivity index (χ2n) is 11.3. The van der Waals surface area contributed by atoms with Crippen LogP contribution in [0.25, 0.3) is 11.0 Å². The van der Waals surface area contributed by atoms with Gasteiger partial charge >= 0.3 is 6.18 Å². The SMILES string of the molecule is Cc1ccc2oc(C(C)N3CCN(C(=O)CO[C@H]4CC[C@H](Nc5ccc([N+](=O)[O-])c(C(F)(F)F)c5)CC4)CC3)c(Cl)c2c1. The number of fused-ring (bicyclic) bond motifs is 1. The van der Waals surface area contributed by atoms with E-state index in [-0.39, 0.29) is 36.4 Å². The molecule has 9 nitrogen and oxygen atoms in total. The Balaban J connectivity index is 1.06. The molecule has 1 aliphatic heterocycles. The van der Waals surface area contributed by atoms with E-state index in [0.717, 1.165) is 34.4 Å². The molecule has 1 atom stereocenters. The smallest absolute Gasteiger partial charge is 0.423 e. The molecule has 1 amide bonds. The molecule has 43 heavy (non-hydrogen) atoms. The lowest BCUT2D eigenvalue weighted by Gasteiger charge is -2.37. The van der Waals surface area contributed by atoms with Crippen molar-refractivity contribution in [2.45, 2.75) is 63.9 Å². The first-order chi connectivity index (χ1) is 20.4. The highest BCUT2D eigenvalue weighted by molar-refractivity contribution is 6.36. The fourth-order valence-corrected chi connectivity index (χ4v) is 6.24. The average Bonchev–Trinajstić information content (AvgIpc) is 3.31. The third-order valence-corrected chi connectivity index (χ3v) is 8.78. The minimum absolute atomic E-state index is 0.0234. The summed E-state index contributed by atoms with van der Waals surface area (Å²) in [5, 5.41) is 15.6. The van der Waals surface area contributed by atoms with E-state index >= 15 is 0 Å². The Morgan fingerprint density at radius 2 is 1.84 bits per heavy atom. The number of anilines is 1. The van der Waals surface area contributed by atoms with E-state index in [2.05, 4.69) is 17.1 Å². The van der Waals surface area contributed by atoms with E-state index in [1.54, 1.807) is 4.90 Å². The lowest BCUT2D eigenvalue weighted by Crippen LogP contribution is -2.50. The van der Waals surface area contributed by atoms with E-state index in [9.17, 15) is 28.1 Å². The number of nitrogens with one attached hydrogen (secondary N) is 1. The van der Waals surface area contributed by atoms with Crippen molar-refractivity contribution in [3.63, 3.8) is 0 Å². The number of amides is 1. The highest BCUT2D eigenvalue weighted by atomic mass is 35.5. The van der Waals surface area contributed by atoms with Gasteiger partial charge in [0.2, 0.25) is 5.91 Å². The minimum atomic E-state index is -4.83. The van der Waals surface area contributed by atoms with Crippen molar-refractivity contribution in [2.24, 2.45) is 0 Å². The number of hydrogen-bond donors (Lipinski definition) is 1. The van der Waals surface area contributed by atoms with Gasteiger partial charge in [-0.05, 0) is 63.8 Å². The zero-order valence-electron chi connectivity index (χ0n) is 24.0. The van der Waals surface area contributed by atoms with Gasteiger partial charge in [-0.3, -0.25) is 19.8 Å². The van der Waals surface area contributed by atoms with Gasteiger partial charge in [-0.25, -0.2) is 0 Å². The normalized spacial score (nSPS) is 20.7. The van der Waals surface area contributed by atoms with Crippen LogP contribution in [-0.2, 0) is 15.7 Å². The van der Waals surface area contributed by atoms with Crippen molar-refractivity contribution < 1.29 is 32.0 Å². The highest BCUT2D eigenvalue weighted by Crippen LogP contribution is 2.39. The van der Waals surface area contributed by atoms with Crippen LogP contribution in [0.3, 0.4) is 0 Å². The zero-order chi connectivity index (χ0) is 30.9. The molecular formula is C30H34ClF3N4O5. The quantitative estimate of drug-likeness (QED) is 0.214. The zero-order valence-corrected chi connectivity index (χ0v) is 24.7. The second-order valence-corrected chi connectivity index (χ2v) is 11.7. The molecule has 2 aromatic carbocycles. The summed E-state index contributed by atoms with van der Waals surface area (Å²) in [5.41, 5.74) is -0.194. The number of carbonyl (C=O) groups is 1. The number of piperazine rings is 1. The van der Waals surface area contributed by atoms with Crippen molar-refractivity contribution in [1.29, 1.82) is 0 Å². The maximum absolute atomic E-state index is 13.3. The molecule has 1 aromatic heterocycles. The largest absolute Gasteiger partial charge is 0.458 e. The number of hydrogen-bond acceptors (Lipinski definition) is 7. The van der Waals surface area contributed by atoms with Crippen LogP contribution in [0.2, 0.25) is 5.02 Å². The lowest BCUT2D eigenvalue weighted by molar-refractivity contribution is -0.388. The van der Waals surface area contributed by atoms with Crippen LogP contribution in [0, 0.1) is 17.0 Å². The van der Waals surface area contributed by atoms with Crippen LogP contribution in [0.15, 0.2) is 40.8 Å². The Morgan fingerprint density at radius 3 is 2.49 bits per heavy atom. The summed E-state index contributed by atoms with van der Waals surface area (Å²) in [5.74, 6) is 0.653. The molecule has 2 heterocycles. The average molecular weight is 623 g/mol. The Bertz CT molecular complexity index is 1480. The molecule has 2 aliphatic rings. The molecule has 2 fully saturated rings. The fourth-order valence-electron chi connectivity index (χ4n) is 5.90. The fraction of sp³-hybridized carbons (Fsp3) is 0.500. The van der Waals surface area contributed by atoms with Gasteiger partial charge < -0.3 is 19.4 Å². The summed E-state index contributed by atoms with van der Waals surface area (Å²) < 4.78 is 51.9. The third-order valence-electron chi connectivity index (χ3n) is 8.39. The number of nitro groups is 1.